The summed E-state index contributed by atoms with van der Waals surface area (Å²) in [5.74, 6) is 0. The van der Waals surface area contributed by atoms with Crippen molar-refractivity contribution in [3.05, 3.63) is 24.6 Å². The van der Waals surface area contributed by atoms with E-state index in [1.807, 2.05) is 25.2 Å². The Hall–Kier alpha value is -1.59. The molecule has 18 heavy (non-hydrogen) atoms. The van der Waals surface area contributed by atoms with Crippen molar-refractivity contribution in [2.45, 2.75) is 0 Å². The largest absolute Gasteiger partial charge is 0.443 e. The van der Waals surface area contributed by atoms with Gasteiger partial charge in [-0.1, -0.05) is 0 Å². The number of fused-ring (bicyclic) bond motifs is 1. The monoisotopic (exact) mass is 248 g/mol. The molecule has 1 fully saturated rings. The van der Waals surface area contributed by atoms with E-state index < -0.39 is 0 Å². The molecular formula is C13H16N2O3. The molecule has 0 spiro atoms. The molecule has 0 atom stereocenters. The molecule has 1 aromatic carbocycles. The maximum absolute atomic E-state index is 9.44. The molecule has 5 nitrogen and oxygen atoms in total. The molecule has 0 radical (unpaired) electrons. The van der Waals surface area contributed by atoms with Gasteiger partial charge in [0.05, 0.1) is 25.2 Å². The first-order valence-corrected chi connectivity index (χ1v) is 5.95. The number of anilines is 1. The Kier molecular flexibility index (Phi) is 2.72. The highest BCUT2D eigenvalue weighted by atomic mass is 16.5. The molecule has 0 aliphatic carbocycles. The summed E-state index contributed by atoms with van der Waals surface area (Å²) in [6.07, 6.45) is 1.45. The second-order valence-corrected chi connectivity index (χ2v) is 5.01. The summed E-state index contributed by atoms with van der Waals surface area (Å²) in [5, 5.41) is 9.44. The third kappa shape index (κ3) is 1.85. The number of hydrogen-bond donors (Lipinski definition) is 1. The number of nitrogens with zero attached hydrogens (tertiary/aromatic N) is 2. The van der Waals surface area contributed by atoms with E-state index in [1.165, 1.54) is 6.39 Å². The highest BCUT2D eigenvalue weighted by Gasteiger charge is 2.39. The van der Waals surface area contributed by atoms with Crippen LogP contribution >= 0.6 is 0 Å². The average molecular weight is 248 g/mol. The van der Waals surface area contributed by atoms with Gasteiger partial charge in [-0.3, -0.25) is 0 Å². The van der Waals surface area contributed by atoms with Crippen molar-refractivity contribution < 1.29 is 14.3 Å². The number of hydrogen-bond acceptors (Lipinski definition) is 5. The fourth-order valence-corrected chi connectivity index (χ4v) is 2.30. The molecule has 96 valence electrons. The first kappa shape index (κ1) is 11.5. The maximum Gasteiger partial charge on any atom is 0.181 e. The quantitative estimate of drug-likeness (QED) is 0.883. The van der Waals surface area contributed by atoms with E-state index >= 15 is 0 Å². The minimum absolute atomic E-state index is 0.120. The average Bonchev–Trinajstić information content (AvgIpc) is 2.80. The van der Waals surface area contributed by atoms with Crippen LogP contribution in [0.2, 0.25) is 0 Å². The van der Waals surface area contributed by atoms with Crippen LogP contribution in [0.4, 0.5) is 5.69 Å². The van der Waals surface area contributed by atoms with Gasteiger partial charge >= 0.3 is 0 Å². The number of ether oxygens (including phenoxy) is 1. The van der Waals surface area contributed by atoms with E-state index in [0.29, 0.717) is 13.2 Å². The fraction of sp³-hybridized carbons (Fsp3) is 0.462. The van der Waals surface area contributed by atoms with Gasteiger partial charge in [0.25, 0.3) is 0 Å². The molecule has 2 heterocycles. The zero-order valence-corrected chi connectivity index (χ0v) is 10.3. The van der Waals surface area contributed by atoms with E-state index in [0.717, 1.165) is 23.3 Å². The highest BCUT2D eigenvalue weighted by molar-refractivity contribution is 5.77. The molecular weight excluding hydrogens is 232 g/mol. The summed E-state index contributed by atoms with van der Waals surface area (Å²) >= 11 is 0. The van der Waals surface area contributed by atoms with E-state index in [-0.39, 0.29) is 12.0 Å². The summed E-state index contributed by atoms with van der Waals surface area (Å²) in [7, 11) is 2.01. The summed E-state index contributed by atoms with van der Waals surface area (Å²) in [4.78, 5) is 6.20. The van der Waals surface area contributed by atoms with Crippen molar-refractivity contribution in [1.82, 2.24) is 4.98 Å². The second kappa shape index (κ2) is 4.26. The first-order valence-electron chi connectivity index (χ1n) is 5.95. The van der Waals surface area contributed by atoms with Crippen LogP contribution in [-0.2, 0) is 4.74 Å². The zero-order valence-electron chi connectivity index (χ0n) is 10.3. The fourth-order valence-electron chi connectivity index (χ4n) is 2.30. The van der Waals surface area contributed by atoms with Crippen molar-refractivity contribution in [3.63, 3.8) is 0 Å². The maximum atomic E-state index is 9.44. The van der Waals surface area contributed by atoms with Gasteiger partial charge in [-0.15, -0.1) is 0 Å². The van der Waals surface area contributed by atoms with Crippen LogP contribution in [0, 0.1) is 5.41 Å². The van der Waals surface area contributed by atoms with Crippen molar-refractivity contribution in [2.24, 2.45) is 5.41 Å². The van der Waals surface area contributed by atoms with Crippen molar-refractivity contribution >= 4 is 16.8 Å². The topological polar surface area (TPSA) is 58.7 Å². The summed E-state index contributed by atoms with van der Waals surface area (Å²) in [6.45, 7) is 2.17. The molecule has 0 bridgehead atoms. The van der Waals surface area contributed by atoms with Crippen LogP contribution in [0.25, 0.3) is 11.1 Å². The number of aliphatic hydroxyl groups is 1. The third-order valence-corrected chi connectivity index (χ3v) is 3.48. The lowest BCUT2D eigenvalue weighted by atomic mass is 9.86. The second-order valence-electron chi connectivity index (χ2n) is 5.01. The molecule has 1 aliphatic rings. The van der Waals surface area contributed by atoms with Gasteiger partial charge in [0.2, 0.25) is 0 Å². The van der Waals surface area contributed by atoms with Crippen molar-refractivity contribution in [3.8, 4) is 0 Å². The van der Waals surface area contributed by atoms with Crippen LogP contribution < -0.4 is 4.90 Å². The van der Waals surface area contributed by atoms with E-state index in [9.17, 15) is 5.11 Å². The Morgan fingerprint density at radius 1 is 1.44 bits per heavy atom. The molecule has 1 aliphatic heterocycles. The SMILES string of the molecule is CN(CC1(CO)COC1)c1ccc2ncoc2c1. The van der Waals surface area contributed by atoms with Crippen molar-refractivity contribution in [2.75, 3.05) is 38.3 Å². The van der Waals surface area contributed by atoms with Crippen LogP contribution in [0.3, 0.4) is 0 Å². The van der Waals surface area contributed by atoms with Gasteiger partial charge in [0.15, 0.2) is 12.0 Å². The highest BCUT2D eigenvalue weighted by Crippen LogP contribution is 2.30. The smallest absolute Gasteiger partial charge is 0.181 e. The Bertz CT molecular complexity index is 542. The van der Waals surface area contributed by atoms with Crippen molar-refractivity contribution in [1.29, 1.82) is 0 Å². The Balaban J connectivity index is 1.80. The van der Waals surface area contributed by atoms with Gasteiger partial charge in [0.1, 0.15) is 5.52 Å². The van der Waals surface area contributed by atoms with Gasteiger partial charge < -0.3 is 19.2 Å². The zero-order chi connectivity index (χ0) is 12.6. The lowest BCUT2D eigenvalue weighted by Gasteiger charge is -2.42. The van der Waals surface area contributed by atoms with Crippen LogP contribution in [0.1, 0.15) is 0 Å². The van der Waals surface area contributed by atoms with Crippen LogP contribution in [0.5, 0.6) is 0 Å². The van der Waals surface area contributed by atoms with E-state index in [2.05, 4.69) is 9.88 Å². The number of aliphatic hydroxyl groups excluding tert-OH is 1. The summed E-state index contributed by atoms with van der Waals surface area (Å²) in [5.41, 5.74) is 2.57. The number of oxazole rings is 1. The first-order chi connectivity index (χ1) is 8.72. The molecule has 0 saturated carbocycles. The molecule has 5 heteroatoms. The third-order valence-electron chi connectivity index (χ3n) is 3.48. The van der Waals surface area contributed by atoms with E-state index in [4.69, 9.17) is 9.15 Å². The molecule has 0 unspecified atom stereocenters. The minimum Gasteiger partial charge on any atom is -0.443 e. The predicted octanol–water partition coefficient (Wildman–Crippen LogP) is 1.27. The Labute approximate surface area is 105 Å². The van der Waals surface area contributed by atoms with Gasteiger partial charge in [0, 0.05) is 25.3 Å². The molecule has 2 aromatic rings. The van der Waals surface area contributed by atoms with Gasteiger partial charge in [-0.25, -0.2) is 4.98 Å². The lowest BCUT2D eigenvalue weighted by Crippen LogP contribution is -2.52. The Morgan fingerprint density at radius 2 is 2.28 bits per heavy atom. The van der Waals surface area contributed by atoms with Gasteiger partial charge in [-0.2, -0.15) is 0 Å². The lowest BCUT2D eigenvalue weighted by molar-refractivity contribution is -0.130. The standard InChI is InChI=1S/C13H16N2O3/c1-15(5-13(6-16)7-17-8-13)10-2-3-11-12(4-10)18-9-14-11/h2-4,9,16H,5-8H2,1H3. The molecule has 1 aromatic heterocycles. The normalized spacial score (nSPS) is 17.7. The number of aromatic nitrogens is 1. The van der Waals surface area contributed by atoms with Gasteiger partial charge in [-0.05, 0) is 12.1 Å². The summed E-state index contributed by atoms with van der Waals surface area (Å²) < 4.78 is 10.5. The molecule has 3 rings (SSSR count). The number of benzene rings is 1. The predicted molar refractivity (Wildman–Crippen MR) is 67.6 cm³/mol. The van der Waals surface area contributed by atoms with Crippen LogP contribution in [0.15, 0.2) is 29.0 Å². The molecule has 0 amide bonds. The minimum atomic E-state index is -0.120. The Morgan fingerprint density at radius 3 is 2.94 bits per heavy atom. The summed E-state index contributed by atoms with van der Waals surface area (Å²) in [6, 6.07) is 5.91. The van der Waals surface area contributed by atoms with E-state index in [1.54, 1.807) is 0 Å². The van der Waals surface area contributed by atoms with Crippen LogP contribution in [-0.4, -0.2) is 43.5 Å². The molecule has 1 N–H and O–H groups in total. The number of rotatable bonds is 4. The molecule has 1 saturated heterocycles.